The third kappa shape index (κ3) is 17.6. The quantitative estimate of drug-likeness (QED) is 0.556. The summed E-state index contributed by atoms with van der Waals surface area (Å²) in [6, 6.07) is 0.144. The molecule has 5 nitrogen and oxygen atoms in total. The SMILES string of the molecule is COC(C)C(C)N.O=C(O)O. The topological polar surface area (TPSA) is 92.8 Å². The molecule has 0 aliphatic rings. The first-order valence-corrected chi connectivity index (χ1v) is 3.12. The molecular weight excluding hydrogens is 150 g/mol. The highest BCUT2D eigenvalue weighted by molar-refractivity contribution is 5.53. The number of carboxylic acid groups (broad SMARTS) is 2. The van der Waals surface area contributed by atoms with Crippen molar-refractivity contribution < 1.29 is 19.7 Å². The summed E-state index contributed by atoms with van der Waals surface area (Å²) in [5, 5.41) is 13.9. The zero-order valence-electron chi connectivity index (χ0n) is 6.94. The van der Waals surface area contributed by atoms with Gasteiger partial charge in [-0.1, -0.05) is 0 Å². The molecule has 0 aromatic heterocycles. The van der Waals surface area contributed by atoms with Crippen molar-refractivity contribution in [1.29, 1.82) is 0 Å². The smallest absolute Gasteiger partial charge is 0.450 e. The predicted molar refractivity (Wildman–Crippen MR) is 40.8 cm³/mol. The van der Waals surface area contributed by atoms with Crippen molar-refractivity contribution in [2.75, 3.05) is 7.11 Å². The van der Waals surface area contributed by atoms with E-state index in [-0.39, 0.29) is 12.1 Å². The van der Waals surface area contributed by atoms with Gasteiger partial charge < -0.3 is 20.7 Å². The zero-order chi connectivity index (χ0) is 9.44. The van der Waals surface area contributed by atoms with Crippen LogP contribution in [0.15, 0.2) is 0 Å². The fraction of sp³-hybridized carbons (Fsp3) is 0.833. The van der Waals surface area contributed by atoms with Crippen LogP contribution in [0.5, 0.6) is 0 Å². The molecule has 0 heterocycles. The molecule has 0 saturated heterocycles. The molecule has 0 aliphatic heterocycles. The van der Waals surface area contributed by atoms with E-state index in [0.717, 1.165) is 0 Å². The molecule has 0 bridgehead atoms. The van der Waals surface area contributed by atoms with E-state index in [4.69, 9.17) is 25.5 Å². The minimum Gasteiger partial charge on any atom is -0.450 e. The van der Waals surface area contributed by atoms with Crippen molar-refractivity contribution in [2.24, 2.45) is 5.73 Å². The van der Waals surface area contributed by atoms with Gasteiger partial charge in [-0.2, -0.15) is 0 Å². The molecule has 0 aromatic carbocycles. The van der Waals surface area contributed by atoms with Gasteiger partial charge in [-0.05, 0) is 13.8 Å². The molecule has 5 heteroatoms. The lowest BCUT2D eigenvalue weighted by Crippen LogP contribution is -2.30. The monoisotopic (exact) mass is 165 g/mol. The highest BCUT2D eigenvalue weighted by Crippen LogP contribution is 1.89. The number of carbonyl (C=O) groups is 1. The summed E-state index contributed by atoms with van der Waals surface area (Å²) >= 11 is 0. The van der Waals surface area contributed by atoms with Crippen molar-refractivity contribution in [3.8, 4) is 0 Å². The first-order valence-electron chi connectivity index (χ1n) is 3.12. The lowest BCUT2D eigenvalue weighted by Gasteiger charge is -2.11. The van der Waals surface area contributed by atoms with Gasteiger partial charge in [0.15, 0.2) is 0 Å². The second-order valence-corrected chi connectivity index (χ2v) is 2.08. The Morgan fingerprint density at radius 2 is 1.73 bits per heavy atom. The van der Waals surface area contributed by atoms with Gasteiger partial charge in [-0.25, -0.2) is 4.79 Å². The van der Waals surface area contributed by atoms with Gasteiger partial charge in [0, 0.05) is 13.2 Å². The summed E-state index contributed by atoms with van der Waals surface area (Å²) in [6.07, 6.45) is -1.65. The first kappa shape index (κ1) is 12.8. The molecule has 68 valence electrons. The molecule has 4 N–H and O–H groups in total. The molecule has 11 heavy (non-hydrogen) atoms. The number of hydrogen-bond donors (Lipinski definition) is 3. The Labute approximate surface area is 65.8 Å². The van der Waals surface area contributed by atoms with Gasteiger partial charge >= 0.3 is 6.16 Å². The van der Waals surface area contributed by atoms with Crippen molar-refractivity contribution in [3.05, 3.63) is 0 Å². The van der Waals surface area contributed by atoms with Crippen LogP contribution >= 0.6 is 0 Å². The Morgan fingerprint density at radius 3 is 1.73 bits per heavy atom. The summed E-state index contributed by atoms with van der Waals surface area (Å²) < 4.78 is 4.89. The average Bonchev–Trinajstić information content (AvgIpc) is 1.85. The molecule has 2 atom stereocenters. The molecule has 0 fully saturated rings. The van der Waals surface area contributed by atoms with Crippen LogP contribution < -0.4 is 5.73 Å². The maximum Gasteiger partial charge on any atom is 0.503 e. The third-order valence-corrected chi connectivity index (χ3v) is 1.11. The third-order valence-electron chi connectivity index (χ3n) is 1.11. The molecule has 0 saturated carbocycles. The molecule has 0 aromatic rings. The highest BCUT2D eigenvalue weighted by atomic mass is 16.6. The van der Waals surface area contributed by atoms with Gasteiger partial charge in [0.2, 0.25) is 0 Å². The standard InChI is InChI=1S/C5H13NO.CH2O3/c1-4(6)5(2)7-3;2-1(3)4/h4-5H,6H2,1-3H3;(H2,2,3,4). The molecular formula is C6H15NO4. The van der Waals surface area contributed by atoms with Crippen molar-refractivity contribution in [1.82, 2.24) is 0 Å². The van der Waals surface area contributed by atoms with Gasteiger partial charge in [-0.3, -0.25) is 0 Å². The van der Waals surface area contributed by atoms with E-state index in [1.54, 1.807) is 7.11 Å². The number of rotatable bonds is 2. The highest BCUT2D eigenvalue weighted by Gasteiger charge is 2.02. The summed E-state index contributed by atoms with van der Waals surface area (Å²) in [5.41, 5.74) is 5.42. The second-order valence-electron chi connectivity index (χ2n) is 2.08. The number of methoxy groups -OCH3 is 1. The lowest BCUT2D eigenvalue weighted by atomic mass is 10.2. The predicted octanol–water partition coefficient (Wildman–Crippen LogP) is 0.591. The summed E-state index contributed by atoms with van der Waals surface area (Å²) in [6.45, 7) is 3.87. The van der Waals surface area contributed by atoms with Crippen molar-refractivity contribution in [2.45, 2.75) is 26.0 Å². The van der Waals surface area contributed by atoms with Crippen LogP contribution in [0.25, 0.3) is 0 Å². The summed E-state index contributed by atoms with van der Waals surface area (Å²) in [7, 11) is 1.66. The zero-order valence-corrected chi connectivity index (χ0v) is 6.94. The molecule has 0 amide bonds. The van der Waals surface area contributed by atoms with E-state index in [1.165, 1.54) is 0 Å². The lowest BCUT2D eigenvalue weighted by molar-refractivity contribution is 0.101. The summed E-state index contributed by atoms with van der Waals surface area (Å²) in [5.74, 6) is 0. The average molecular weight is 165 g/mol. The van der Waals surface area contributed by atoms with Crippen LogP contribution in [0.4, 0.5) is 4.79 Å². The second kappa shape index (κ2) is 7.30. The van der Waals surface area contributed by atoms with E-state index < -0.39 is 6.16 Å². The van der Waals surface area contributed by atoms with Crippen LogP contribution in [0, 0.1) is 0 Å². The van der Waals surface area contributed by atoms with E-state index >= 15 is 0 Å². The Bertz CT molecular complexity index is 101. The van der Waals surface area contributed by atoms with Gasteiger partial charge in [0.05, 0.1) is 6.10 Å². The van der Waals surface area contributed by atoms with Crippen molar-refractivity contribution >= 4 is 6.16 Å². The maximum atomic E-state index is 8.56. The fourth-order valence-electron chi connectivity index (χ4n) is 0.215. The summed E-state index contributed by atoms with van der Waals surface area (Å²) in [4.78, 5) is 8.56. The molecule has 0 radical (unpaired) electrons. The molecule has 0 rings (SSSR count). The van der Waals surface area contributed by atoms with E-state index in [2.05, 4.69) is 0 Å². The Morgan fingerprint density at radius 1 is 1.45 bits per heavy atom. The van der Waals surface area contributed by atoms with Crippen molar-refractivity contribution in [3.63, 3.8) is 0 Å². The minimum absolute atomic E-state index is 0.144. The van der Waals surface area contributed by atoms with Crippen LogP contribution in [0.2, 0.25) is 0 Å². The number of hydrogen-bond acceptors (Lipinski definition) is 3. The number of nitrogens with two attached hydrogens (primary N) is 1. The van der Waals surface area contributed by atoms with Crippen LogP contribution in [0.3, 0.4) is 0 Å². The van der Waals surface area contributed by atoms with E-state index in [9.17, 15) is 0 Å². The van der Waals surface area contributed by atoms with Crippen LogP contribution in [-0.2, 0) is 4.74 Å². The first-order chi connectivity index (χ1) is 4.91. The van der Waals surface area contributed by atoms with Gasteiger partial charge in [-0.15, -0.1) is 0 Å². The van der Waals surface area contributed by atoms with E-state index in [0.29, 0.717) is 0 Å². The minimum atomic E-state index is -1.83. The molecule has 2 unspecified atom stereocenters. The largest absolute Gasteiger partial charge is 0.503 e. The molecule has 0 spiro atoms. The normalized spacial score (nSPS) is 14.2. The van der Waals surface area contributed by atoms with Gasteiger partial charge in [0.1, 0.15) is 0 Å². The van der Waals surface area contributed by atoms with Crippen LogP contribution in [-0.4, -0.2) is 35.6 Å². The number of ether oxygens (including phenoxy) is 1. The Hall–Kier alpha value is -0.810. The van der Waals surface area contributed by atoms with Gasteiger partial charge in [0.25, 0.3) is 0 Å². The fourth-order valence-corrected chi connectivity index (χ4v) is 0.215. The molecule has 0 aliphatic carbocycles. The Balaban J connectivity index is 0. The van der Waals surface area contributed by atoms with Crippen LogP contribution in [0.1, 0.15) is 13.8 Å². The Kier molecular flexibility index (Phi) is 8.51. The van der Waals surface area contributed by atoms with E-state index in [1.807, 2.05) is 13.8 Å². The maximum absolute atomic E-state index is 8.56.